The molecule has 1 atom stereocenters. The third kappa shape index (κ3) is 7.10. The molecule has 1 rings (SSSR count). The third-order valence-electron chi connectivity index (χ3n) is 2.77. The van der Waals surface area contributed by atoms with E-state index in [1.165, 1.54) is 0 Å². The highest BCUT2D eigenvalue weighted by Crippen LogP contribution is 2.08. The summed E-state index contributed by atoms with van der Waals surface area (Å²) >= 11 is 0. The molecule has 0 aromatic carbocycles. The van der Waals surface area contributed by atoms with Crippen LogP contribution in [0.15, 0.2) is 0 Å². The standard InChI is InChI=1S/C11H23NO4S/c1-15-4-5-16-9-11(13)8-12-10-2-6-17(14)7-3-10/h10-13H,2-9H2,1H3. The molecular formula is C11H23NO4S. The largest absolute Gasteiger partial charge is 0.389 e. The second-order valence-corrected chi connectivity index (χ2v) is 5.95. The fraction of sp³-hybridized carbons (Fsp3) is 1.00. The van der Waals surface area contributed by atoms with E-state index in [0.717, 1.165) is 24.3 Å². The Balaban J connectivity index is 1.99. The van der Waals surface area contributed by atoms with E-state index >= 15 is 0 Å². The van der Waals surface area contributed by atoms with Crippen LogP contribution < -0.4 is 5.32 Å². The monoisotopic (exact) mass is 265 g/mol. The number of ether oxygens (including phenoxy) is 2. The SMILES string of the molecule is COCCOCC(O)CNC1CCS(=O)CC1. The fourth-order valence-electron chi connectivity index (χ4n) is 1.72. The lowest BCUT2D eigenvalue weighted by Crippen LogP contribution is -2.41. The predicted octanol–water partition coefficient (Wildman–Crippen LogP) is -0.489. The van der Waals surface area contributed by atoms with Gasteiger partial charge in [-0.15, -0.1) is 0 Å². The van der Waals surface area contributed by atoms with Crippen molar-refractivity contribution in [3.05, 3.63) is 0 Å². The van der Waals surface area contributed by atoms with Gasteiger partial charge in [0.25, 0.3) is 0 Å². The highest BCUT2D eigenvalue weighted by molar-refractivity contribution is 7.85. The summed E-state index contributed by atoms with van der Waals surface area (Å²) in [6.45, 7) is 1.92. The maximum absolute atomic E-state index is 11.2. The molecule has 0 spiro atoms. The van der Waals surface area contributed by atoms with Crippen molar-refractivity contribution in [1.29, 1.82) is 0 Å². The van der Waals surface area contributed by atoms with Crippen LogP contribution in [0.3, 0.4) is 0 Å². The molecular weight excluding hydrogens is 242 g/mol. The van der Waals surface area contributed by atoms with Gasteiger partial charge in [0.1, 0.15) is 0 Å². The summed E-state index contributed by atoms with van der Waals surface area (Å²) in [6.07, 6.45) is 1.38. The van der Waals surface area contributed by atoms with Gasteiger partial charge in [-0.25, -0.2) is 0 Å². The summed E-state index contributed by atoms with van der Waals surface area (Å²) in [7, 11) is 0.996. The van der Waals surface area contributed by atoms with Crippen LogP contribution in [0, 0.1) is 0 Å². The first-order chi connectivity index (χ1) is 8.22. The molecule has 6 heteroatoms. The van der Waals surface area contributed by atoms with Gasteiger partial charge < -0.3 is 19.9 Å². The van der Waals surface area contributed by atoms with Crippen molar-refractivity contribution in [3.63, 3.8) is 0 Å². The quantitative estimate of drug-likeness (QED) is 0.580. The average molecular weight is 265 g/mol. The Bertz CT molecular complexity index is 218. The smallest absolute Gasteiger partial charge is 0.0897 e. The van der Waals surface area contributed by atoms with Crippen molar-refractivity contribution < 1.29 is 18.8 Å². The topological polar surface area (TPSA) is 67.8 Å². The first-order valence-electron chi connectivity index (χ1n) is 6.05. The van der Waals surface area contributed by atoms with Gasteiger partial charge >= 0.3 is 0 Å². The van der Waals surface area contributed by atoms with E-state index < -0.39 is 16.9 Å². The molecule has 0 radical (unpaired) electrons. The first kappa shape index (κ1) is 15.0. The summed E-state index contributed by atoms with van der Waals surface area (Å²) in [6, 6.07) is 0.390. The van der Waals surface area contributed by atoms with Crippen molar-refractivity contribution >= 4 is 10.8 Å². The number of aliphatic hydroxyl groups is 1. The third-order valence-corrected chi connectivity index (χ3v) is 4.15. The molecule has 17 heavy (non-hydrogen) atoms. The van der Waals surface area contributed by atoms with Gasteiger partial charge in [-0.2, -0.15) is 0 Å². The number of aliphatic hydroxyl groups excluding tert-OH is 1. The number of hydrogen-bond donors (Lipinski definition) is 2. The lowest BCUT2D eigenvalue weighted by atomic mass is 10.1. The van der Waals surface area contributed by atoms with Crippen LogP contribution in [0.4, 0.5) is 0 Å². The van der Waals surface area contributed by atoms with Gasteiger partial charge in [-0.3, -0.25) is 4.21 Å². The molecule has 0 aromatic rings. The number of nitrogens with one attached hydrogen (secondary N) is 1. The Hall–Kier alpha value is -0.0100. The van der Waals surface area contributed by atoms with E-state index in [9.17, 15) is 9.32 Å². The molecule has 0 amide bonds. The van der Waals surface area contributed by atoms with Crippen molar-refractivity contribution in [2.75, 3.05) is 45.0 Å². The summed E-state index contributed by atoms with van der Waals surface area (Å²) < 4.78 is 21.2. The molecule has 102 valence electrons. The maximum atomic E-state index is 11.2. The van der Waals surface area contributed by atoms with E-state index in [1.807, 2.05) is 0 Å². The van der Waals surface area contributed by atoms with Crippen LogP contribution in [0.2, 0.25) is 0 Å². The summed E-state index contributed by atoms with van der Waals surface area (Å²) in [5, 5.41) is 12.9. The highest BCUT2D eigenvalue weighted by atomic mass is 32.2. The molecule has 1 heterocycles. The first-order valence-corrected chi connectivity index (χ1v) is 7.54. The van der Waals surface area contributed by atoms with Crippen molar-refractivity contribution in [3.8, 4) is 0 Å². The van der Waals surface area contributed by atoms with Crippen LogP contribution in [0.5, 0.6) is 0 Å². The summed E-state index contributed by atoms with van der Waals surface area (Å²) in [5.74, 6) is 1.55. The van der Waals surface area contributed by atoms with E-state index in [2.05, 4.69) is 5.32 Å². The van der Waals surface area contributed by atoms with Crippen LogP contribution >= 0.6 is 0 Å². The van der Waals surface area contributed by atoms with Gasteiger partial charge in [0.15, 0.2) is 0 Å². The normalized spacial score (nSPS) is 26.9. The highest BCUT2D eigenvalue weighted by Gasteiger charge is 2.18. The van der Waals surface area contributed by atoms with Gasteiger partial charge in [0.2, 0.25) is 0 Å². The molecule has 1 unspecified atom stereocenters. The second kappa shape index (κ2) is 8.99. The van der Waals surface area contributed by atoms with Crippen molar-refractivity contribution in [2.45, 2.75) is 25.0 Å². The molecule has 0 aliphatic carbocycles. The van der Waals surface area contributed by atoms with Crippen molar-refractivity contribution in [1.82, 2.24) is 5.32 Å². The minimum absolute atomic E-state index is 0.328. The molecule has 0 aromatic heterocycles. The lowest BCUT2D eigenvalue weighted by Gasteiger charge is -2.24. The fourth-order valence-corrected chi connectivity index (χ4v) is 3.02. The molecule has 1 aliphatic heterocycles. The molecule has 0 saturated carbocycles. The van der Waals surface area contributed by atoms with Crippen LogP contribution in [-0.4, -0.2) is 66.4 Å². The zero-order valence-corrected chi connectivity index (χ0v) is 11.2. The van der Waals surface area contributed by atoms with Crippen molar-refractivity contribution in [2.24, 2.45) is 0 Å². The Morgan fingerprint density at radius 1 is 1.41 bits per heavy atom. The zero-order chi connectivity index (χ0) is 12.5. The van der Waals surface area contributed by atoms with E-state index in [4.69, 9.17) is 9.47 Å². The van der Waals surface area contributed by atoms with E-state index in [1.54, 1.807) is 7.11 Å². The molecule has 5 nitrogen and oxygen atoms in total. The Kier molecular flexibility index (Phi) is 7.96. The van der Waals surface area contributed by atoms with Crippen LogP contribution in [0.25, 0.3) is 0 Å². The van der Waals surface area contributed by atoms with E-state index in [0.29, 0.717) is 32.4 Å². The zero-order valence-electron chi connectivity index (χ0n) is 10.4. The van der Waals surface area contributed by atoms with Crippen LogP contribution in [0.1, 0.15) is 12.8 Å². The second-order valence-electron chi connectivity index (χ2n) is 4.25. The Morgan fingerprint density at radius 2 is 2.12 bits per heavy atom. The number of hydrogen-bond acceptors (Lipinski definition) is 5. The molecule has 2 N–H and O–H groups in total. The van der Waals surface area contributed by atoms with Gasteiger partial charge in [0.05, 0.1) is 25.9 Å². The summed E-state index contributed by atoms with van der Waals surface area (Å²) in [4.78, 5) is 0. The van der Waals surface area contributed by atoms with Gasteiger partial charge in [-0.1, -0.05) is 0 Å². The van der Waals surface area contributed by atoms with Crippen LogP contribution in [-0.2, 0) is 20.3 Å². The summed E-state index contributed by atoms with van der Waals surface area (Å²) in [5.41, 5.74) is 0. The van der Waals surface area contributed by atoms with E-state index in [-0.39, 0.29) is 0 Å². The predicted molar refractivity (Wildman–Crippen MR) is 67.6 cm³/mol. The Labute approximate surface area is 105 Å². The minimum atomic E-state index is -0.623. The van der Waals surface area contributed by atoms with Gasteiger partial charge in [0, 0.05) is 42.0 Å². The Morgan fingerprint density at radius 3 is 2.76 bits per heavy atom. The average Bonchev–Trinajstić information content (AvgIpc) is 2.34. The number of rotatable bonds is 8. The molecule has 1 saturated heterocycles. The number of methoxy groups -OCH3 is 1. The maximum Gasteiger partial charge on any atom is 0.0897 e. The molecule has 1 fully saturated rings. The molecule has 1 aliphatic rings. The van der Waals surface area contributed by atoms with Gasteiger partial charge in [-0.05, 0) is 12.8 Å². The molecule has 0 bridgehead atoms. The minimum Gasteiger partial charge on any atom is -0.389 e. The lowest BCUT2D eigenvalue weighted by molar-refractivity contribution is 0.0128.